The van der Waals surface area contributed by atoms with E-state index < -0.39 is 0 Å². The third-order valence-corrected chi connectivity index (χ3v) is 2.89. The number of hydrogen-bond acceptors (Lipinski definition) is 3. The molecule has 1 heterocycles. The van der Waals surface area contributed by atoms with Gasteiger partial charge in [-0.25, -0.2) is 0 Å². The van der Waals surface area contributed by atoms with Gasteiger partial charge >= 0.3 is 0 Å². The van der Waals surface area contributed by atoms with E-state index in [1.165, 1.54) is 5.69 Å². The average Bonchev–Trinajstić information content (AvgIpc) is 2.20. The number of rotatable bonds is 2. The summed E-state index contributed by atoms with van der Waals surface area (Å²) in [5.41, 5.74) is 1.24. The van der Waals surface area contributed by atoms with Crippen molar-refractivity contribution in [1.82, 2.24) is 4.57 Å². The van der Waals surface area contributed by atoms with Crippen molar-refractivity contribution in [1.29, 1.82) is 0 Å². The van der Waals surface area contributed by atoms with Crippen LogP contribution < -0.4 is 0 Å². The van der Waals surface area contributed by atoms with Gasteiger partial charge in [0.05, 0.1) is 0 Å². The van der Waals surface area contributed by atoms with Gasteiger partial charge in [-0.3, -0.25) is 0 Å². The Balaban J connectivity index is 2.99. The summed E-state index contributed by atoms with van der Waals surface area (Å²) < 4.78 is 3.05. The van der Waals surface area contributed by atoms with E-state index in [4.69, 9.17) is 12.2 Å². The van der Waals surface area contributed by atoms with Crippen LogP contribution in [0.4, 0.5) is 0 Å². The van der Waals surface area contributed by atoms with Gasteiger partial charge in [0.2, 0.25) is 0 Å². The van der Waals surface area contributed by atoms with Crippen molar-refractivity contribution < 1.29 is 0 Å². The number of aromatic nitrogens is 1. The molecule has 0 radical (unpaired) electrons. The molecule has 1 nitrogen and oxygen atoms in total. The topological polar surface area (TPSA) is 4.93 Å². The molecular formula is C6H9NS3. The lowest BCUT2D eigenvalue weighted by molar-refractivity contribution is 0.747. The van der Waals surface area contributed by atoms with Crippen LogP contribution in [0.1, 0.15) is 5.69 Å². The number of thiazole rings is 1. The number of nitrogens with zero attached hydrogens (tertiary/aromatic N) is 1. The van der Waals surface area contributed by atoms with E-state index in [1.54, 1.807) is 11.3 Å². The molecule has 0 unspecified atom stereocenters. The molecule has 0 saturated heterocycles. The van der Waals surface area contributed by atoms with Crippen molar-refractivity contribution in [3.05, 3.63) is 15.0 Å². The lowest BCUT2D eigenvalue weighted by Gasteiger charge is -2.00. The maximum absolute atomic E-state index is 5.09. The first-order chi connectivity index (χ1) is 4.75. The zero-order valence-corrected chi connectivity index (χ0v) is 8.23. The van der Waals surface area contributed by atoms with Crippen LogP contribution >= 0.6 is 36.2 Å². The highest BCUT2D eigenvalue weighted by Crippen LogP contribution is 2.09. The molecule has 0 amide bonds. The van der Waals surface area contributed by atoms with Gasteiger partial charge < -0.3 is 4.57 Å². The lowest BCUT2D eigenvalue weighted by Crippen LogP contribution is -2.00. The van der Waals surface area contributed by atoms with Gasteiger partial charge in [-0.15, -0.1) is 11.3 Å². The van der Waals surface area contributed by atoms with Gasteiger partial charge in [0.15, 0.2) is 3.95 Å². The van der Waals surface area contributed by atoms with E-state index in [1.807, 2.05) is 0 Å². The first-order valence-electron chi connectivity index (χ1n) is 3.01. The van der Waals surface area contributed by atoms with Crippen LogP contribution in [0.25, 0.3) is 0 Å². The summed E-state index contributed by atoms with van der Waals surface area (Å²) in [5, 5.41) is 2.08. The standard InChI is InChI=1S/C6H9NS3/c1-5-4-10-6(9)7(5)2-3-8/h4,8H,2-3H2,1H3. The summed E-state index contributed by atoms with van der Waals surface area (Å²) in [7, 11) is 0. The summed E-state index contributed by atoms with van der Waals surface area (Å²) in [6.45, 7) is 2.99. The van der Waals surface area contributed by atoms with Gasteiger partial charge in [-0.05, 0) is 19.1 Å². The van der Waals surface area contributed by atoms with E-state index in [0.717, 1.165) is 16.3 Å². The molecule has 56 valence electrons. The Morgan fingerprint density at radius 3 is 2.90 bits per heavy atom. The van der Waals surface area contributed by atoms with Crippen LogP contribution in [0.2, 0.25) is 0 Å². The minimum absolute atomic E-state index is 0.853. The highest BCUT2D eigenvalue weighted by molar-refractivity contribution is 7.80. The number of thiol groups is 1. The molecule has 0 aliphatic carbocycles. The van der Waals surface area contributed by atoms with Crippen LogP contribution in [-0.4, -0.2) is 10.3 Å². The van der Waals surface area contributed by atoms with Gasteiger partial charge in [0, 0.05) is 23.4 Å². The SMILES string of the molecule is Cc1csc(=S)n1CCS. The van der Waals surface area contributed by atoms with Crippen LogP contribution in [0.15, 0.2) is 5.38 Å². The molecule has 1 aromatic rings. The zero-order chi connectivity index (χ0) is 7.56. The summed E-state index contributed by atoms with van der Waals surface area (Å²) in [6, 6.07) is 0. The van der Waals surface area contributed by atoms with E-state index >= 15 is 0 Å². The Kier molecular flexibility index (Phi) is 2.95. The van der Waals surface area contributed by atoms with Crippen LogP contribution in [-0.2, 0) is 6.54 Å². The van der Waals surface area contributed by atoms with E-state index in [-0.39, 0.29) is 0 Å². The summed E-state index contributed by atoms with van der Waals surface area (Å²) in [5.74, 6) is 0.853. The van der Waals surface area contributed by atoms with Crippen LogP contribution in [0.5, 0.6) is 0 Å². The van der Waals surface area contributed by atoms with Gasteiger partial charge in [0.1, 0.15) is 0 Å². The Hall–Kier alpha value is 0.200. The maximum atomic E-state index is 5.09. The second-order valence-electron chi connectivity index (χ2n) is 2.02. The Morgan fingerprint density at radius 1 is 1.80 bits per heavy atom. The third kappa shape index (κ3) is 1.62. The highest BCUT2D eigenvalue weighted by atomic mass is 32.1. The fourth-order valence-corrected chi connectivity index (χ4v) is 2.12. The Morgan fingerprint density at radius 2 is 2.50 bits per heavy atom. The monoisotopic (exact) mass is 191 g/mol. The van der Waals surface area contributed by atoms with Crippen molar-refractivity contribution in [2.75, 3.05) is 5.75 Å². The smallest absolute Gasteiger partial charge is 0.161 e. The quantitative estimate of drug-likeness (QED) is 0.556. The first kappa shape index (κ1) is 8.30. The van der Waals surface area contributed by atoms with Crippen LogP contribution in [0.3, 0.4) is 0 Å². The number of hydrogen-bond donors (Lipinski definition) is 1. The molecule has 0 saturated carbocycles. The second kappa shape index (κ2) is 3.55. The van der Waals surface area contributed by atoms with Crippen LogP contribution in [0, 0.1) is 10.9 Å². The maximum Gasteiger partial charge on any atom is 0.161 e. The molecule has 0 aromatic carbocycles. The van der Waals surface area contributed by atoms with Crippen molar-refractivity contribution in [2.24, 2.45) is 0 Å². The molecule has 0 bridgehead atoms. The normalized spacial score (nSPS) is 10.2. The highest BCUT2D eigenvalue weighted by Gasteiger charge is 1.95. The predicted octanol–water partition coefficient (Wildman–Crippen LogP) is 2.52. The molecule has 10 heavy (non-hydrogen) atoms. The molecule has 0 N–H and O–H groups in total. The molecule has 0 aliphatic rings. The summed E-state index contributed by atoms with van der Waals surface area (Å²) in [4.78, 5) is 0. The van der Waals surface area contributed by atoms with Crippen molar-refractivity contribution in [3.63, 3.8) is 0 Å². The van der Waals surface area contributed by atoms with Crippen molar-refractivity contribution >= 4 is 36.2 Å². The van der Waals surface area contributed by atoms with Gasteiger partial charge in [-0.1, -0.05) is 0 Å². The summed E-state index contributed by atoms with van der Waals surface area (Å²) in [6.07, 6.45) is 0. The summed E-state index contributed by atoms with van der Waals surface area (Å²) >= 11 is 10.8. The Bertz CT molecular complexity index is 260. The molecular weight excluding hydrogens is 182 g/mol. The third-order valence-electron chi connectivity index (χ3n) is 1.30. The van der Waals surface area contributed by atoms with E-state index in [2.05, 4.69) is 29.5 Å². The fourth-order valence-electron chi connectivity index (χ4n) is 0.775. The minimum Gasteiger partial charge on any atom is -0.327 e. The molecule has 0 atom stereocenters. The average molecular weight is 191 g/mol. The second-order valence-corrected chi connectivity index (χ2v) is 3.97. The van der Waals surface area contributed by atoms with E-state index in [9.17, 15) is 0 Å². The minimum atomic E-state index is 0.853. The van der Waals surface area contributed by atoms with Gasteiger partial charge in [0.25, 0.3) is 0 Å². The molecule has 0 fully saturated rings. The van der Waals surface area contributed by atoms with E-state index in [0.29, 0.717) is 0 Å². The largest absolute Gasteiger partial charge is 0.327 e. The van der Waals surface area contributed by atoms with Gasteiger partial charge in [-0.2, -0.15) is 12.6 Å². The first-order valence-corrected chi connectivity index (χ1v) is 4.93. The molecule has 0 aliphatic heterocycles. The zero-order valence-electron chi connectivity index (χ0n) is 5.70. The molecule has 1 rings (SSSR count). The predicted molar refractivity (Wildman–Crippen MR) is 51.7 cm³/mol. The van der Waals surface area contributed by atoms with Crippen molar-refractivity contribution in [3.8, 4) is 0 Å². The molecule has 4 heteroatoms. The van der Waals surface area contributed by atoms with Crippen molar-refractivity contribution in [2.45, 2.75) is 13.5 Å². The lowest BCUT2D eigenvalue weighted by atomic mass is 10.5. The number of aryl methyl sites for hydroxylation is 1. The fraction of sp³-hybridized carbons (Fsp3) is 0.500. The molecule has 0 spiro atoms. The molecule has 1 aromatic heterocycles. The Labute approximate surface area is 75.1 Å².